The van der Waals surface area contributed by atoms with Gasteiger partial charge >= 0.3 is 0 Å². The van der Waals surface area contributed by atoms with Crippen LogP contribution in [0.4, 0.5) is 0 Å². The van der Waals surface area contributed by atoms with Gasteiger partial charge in [0, 0.05) is 13.6 Å². The Bertz CT molecular complexity index is 344. The third kappa shape index (κ3) is 2.61. The van der Waals surface area contributed by atoms with E-state index in [4.69, 9.17) is 0 Å². The van der Waals surface area contributed by atoms with Crippen molar-refractivity contribution in [1.82, 2.24) is 10.2 Å². The Morgan fingerprint density at radius 2 is 2.19 bits per heavy atom. The largest absolute Gasteiger partial charge is 0.340 e. The summed E-state index contributed by atoms with van der Waals surface area (Å²) in [5, 5.41) is 3.23. The highest BCUT2D eigenvalue weighted by molar-refractivity contribution is 5.81. The summed E-state index contributed by atoms with van der Waals surface area (Å²) in [6.45, 7) is 1.66. The quantitative estimate of drug-likeness (QED) is 0.831. The molecule has 0 bridgehead atoms. The summed E-state index contributed by atoms with van der Waals surface area (Å²) in [5.41, 5.74) is 1.18. The minimum atomic E-state index is 0.0358. The van der Waals surface area contributed by atoms with Gasteiger partial charge in [0.05, 0.1) is 6.04 Å². The first kappa shape index (κ1) is 11.1. The fourth-order valence-electron chi connectivity index (χ4n) is 2.10. The lowest BCUT2D eigenvalue weighted by Crippen LogP contribution is -2.41. The number of rotatable bonds is 3. The summed E-state index contributed by atoms with van der Waals surface area (Å²) in [7, 11) is 1.87. The topological polar surface area (TPSA) is 32.3 Å². The first-order valence-electron chi connectivity index (χ1n) is 5.79. The molecule has 86 valence electrons. The molecule has 3 heteroatoms. The van der Waals surface area contributed by atoms with Gasteiger partial charge in [-0.1, -0.05) is 30.3 Å². The molecule has 0 aliphatic carbocycles. The van der Waals surface area contributed by atoms with E-state index in [0.29, 0.717) is 6.54 Å². The predicted molar refractivity (Wildman–Crippen MR) is 63.9 cm³/mol. The Morgan fingerprint density at radius 1 is 1.44 bits per heavy atom. The summed E-state index contributed by atoms with van der Waals surface area (Å²) in [6, 6.07) is 10.1. The van der Waals surface area contributed by atoms with Gasteiger partial charge in [-0.05, 0) is 24.9 Å². The van der Waals surface area contributed by atoms with Crippen LogP contribution in [0.3, 0.4) is 0 Å². The van der Waals surface area contributed by atoms with E-state index in [1.54, 1.807) is 4.90 Å². The van der Waals surface area contributed by atoms with Gasteiger partial charge in [-0.25, -0.2) is 0 Å². The summed E-state index contributed by atoms with van der Waals surface area (Å²) in [5.74, 6) is 0.210. The molecule has 1 atom stereocenters. The lowest BCUT2D eigenvalue weighted by Gasteiger charge is -2.21. The second-order valence-corrected chi connectivity index (χ2v) is 4.33. The van der Waals surface area contributed by atoms with Gasteiger partial charge in [-0.15, -0.1) is 0 Å². The van der Waals surface area contributed by atoms with Crippen LogP contribution in [-0.2, 0) is 11.3 Å². The van der Waals surface area contributed by atoms with Gasteiger partial charge < -0.3 is 10.2 Å². The molecule has 0 unspecified atom stereocenters. The Balaban J connectivity index is 1.92. The number of nitrogens with zero attached hydrogens (tertiary/aromatic N) is 1. The number of amides is 1. The van der Waals surface area contributed by atoms with Crippen LogP contribution in [0.2, 0.25) is 0 Å². The smallest absolute Gasteiger partial charge is 0.239 e. The van der Waals surface area contributed by atoms with Crippen molar-refractivity contribution in [2.24, 2.45) is 0 Å². The number of likely N-dealkylation sites (N-methyl/N-ethyl adjacent to an activating group) is 1. The Kier molecular flexibility index (Phi) is 3.57. The number of carbonyl (C=O) groups is 1. The molecule has 1 aliphatic rings. The summed E-state index contributed by atoms with van der Waals surface area (Å²) in [6.07, 6.45) is 2.08. The Labute approximate surface area is 96.5 Å². The maximum Gasteiger partial charge on any atom is 0.239 e. The molecular weight excluding hydrogens is 200 g/mol. The fourth-order valence-corrected chi connectivity index (χ4v) is 2.10. The molecule has 1 N–H and O–H groups in total. The van der Waals surface area contributed by atoms with Crippen LogP contribution < -0.4 is 5.32 Å². The van der Waals surface area contributed by atoms with E-state index in [9.17, 15) is 4.79 Å². The van der Waals surface area contributed by atoms with Crippen LogP contribution in [0, 0.1) is 0 Å². The van der Waals surface area contributed by atoms with Crippen LogP contribution in [0.5, 0.6) is 0 Å². The lowest BCUT2D eigenvalue weighted by atomic mass is 10.1. The van der Waals surface area contributed by atoms with Gasteiger partial charge in [0.2, 0.25) is 5.91 Å². The van der Waals surface area contributed by atoms with Crippen LogP contribution in [0.25, 0.3) is 0 Å². The van der Waals surface area contributed by atoms with Crippen molar-refractivity contribution in [3.8, 4) is 0 Å². The zero-order valence-corrected chi connectivity index (χ0v) is 9.65. The number of nitrogens with one attached hydrogen (secondary N) is 1. The number of benzene rings is 1. The molecule has 1 amide bonds. The fraction of sp³-hybridized carbons (Fsp3) is 0.462. The van der Waals surface area contributed by atoms with E-state index in [1.165, 1.54) is 5.56 Å². The molecule has 16 heavy (non-hydrogen) atoms. The maximum absolute atomic E-state index is 12.0. The zero-order valence-electron chi connectivity index (χ0n) is 9.65. The molecule has 1 saturated heterocycles. The molecule has 1 aromatic carbocycles. The van der Waals surface area contributed by atoms with Gasteiger partial charge in [0.1, 0.15) is 0 Å². The molecule has 1 heterocycles. The van der Waals surface area contributed by atoms with Crippen molar-refractivity contribution in [3.05, 3.63) is 35.9 Å². The van der Waals surface area contributed by atoms with Crippen LogP contribution in [0.15, 0.2) is 30.3 Å². The average molecular weight is 218 g/mol. The van der Waals surface area contributed by atoms with E-state index in [1.807, 2.05) is 37.4 Å². The van der Waals surface area contributed by atoms with E-state index in [2.05, 4.69) is 5.32 Å². The van der Waals surface area contributed by atoms with Gasteiger partial charge in [0.25, 0.3) is 0 Å². The monoisotopic (exact) mass is 218 g/mol. The Hall–Kier alpha value is -1.35. The van der Waals surface area contributed by atoms with Crippen molar-refractivity contribution in [2.45, 2.75) is 25.4 Å². The zero-order chi connectivity index (χ0) is 11.4. The van der Waals surface area contributed by atoms with Crippen molar-refractivity contribution >= 4 is 5.91 Å². The molecule has 1 aliphatic heterocycles. The third-order valence-corrected chi connectivity index (χ3v) is 3.00. The van der Waals surface area contributed by atoms with Crippen molar-refractivity contribution < 1.29 is 4.79 Å². The SMILES string of the molecule is CN(Cc1ccccc1)C(=O)[C@@H]1CCCN1. The Morgan fingerprint density at radius 3 is 2.81 bits per heavy atom. The predicted octanol–water partition coefficient (Wildman–Crippen LogP) is 1.40. The second-order valence-electron chi connectivity index (χ2n) is 4.33. The lowest BCUT2D eigenvalue weighted by molar-refractivity contribution is -0.132. The van der Waals surface area contributed by atoms with Crippen molar-refractivity contribution in [3.63, 3.8) is 0 Å². The highest BCUT2D eigenvalue weighted by atomic mass is 16.2. The normalized spacial score (nSPS) is 19.7. The summed E-state index contributed by atoms with van der Waals surface area (Å²) >= 11 is 0. The van der Waals surface area contributed by atoms with Gasteiger partial charge in [-0.3, -0.25) is 4.79 Å². The molecule has 0 spiro atoms. The molecule has 1 aromatic rings. The van der Waals surface area contributed by atoms with Crippen molar-refractivity contribution in [2.75, 3.05) is 13.6 Å². The van der Waals surface area contributed by atoms with Crippen LogP contribution in [0.1, 0.15) is 18.4 Å². The van der Waals surface area contributed by atoms with Crippen molar-refractivity contribution in [1.29, 1.82) is 0 Å². The molecular formula is C13H18N2O. The number of hydrogen-bond acceptors (Lipinski definition) is 2. The summed E-state index contributed by atoms with van der Waals surface area (Å²) < 4.78 is 0. The second kappa shape index (κ2) is 5.12. The minimum absolute atomic E-state index is 0.0358. The molecule has 3 nitrogen and oxygen atoms in total. The molecule has 0 aromatic heterocycles. The van der Waals surface area contributed by atoms with E-state index >= 15 is 0 Å². The minimum Gasteiger partial charge on any atom is -0.340 e. The van der Waals surface area contributed by atoms with Crippen LogP contribution >= 0.6 is 0 Å². The van der Waals surface area contributed by atoms with E-state index in [-0.39, 0.29) is 11.9 Å². The molecule has 1 fully saturated rings. The average Bonchev–Trinajstić information content (AvgIpc) is 2.83. The summed E-state index contributed by atoms with van der Waals surface area (Å²) in [4.78, 5) is 13.8. The van der Waals surface area contributed by atoms with Gasteiger partial charge in [0.15, 0.2) is 0 Å². The van der Waals surface area contributed by atoms with E-state index in [0.717, 1.165) is 19.4 Å². The molecule has 2 rings (SSSR count). The molecule has 0 saturated carbocycles. The standard InChI is InChI=1S/C13H18N2O/c1-15(10-11-6-3-2-4-7-11)13(16)12-8-5-9-14-12/h2-4,6-7,12,14H,5,8-10H2,1H3/t12-/m0/s1. The highest BCUT2D eigenvalue weighted by Crippen LogP contribution is 2.10. The number of hydrogen-bond donors (Lipinski definition) is 1. The number of carbonyl (C=O) groups excluding carboxylic acids is 1. The van der Waals surface area contributed by atoms with Gasteiger partial charge in [-0.2, -0.15) is 0 Å². The first-order valence-corrected chi connectivity index (χ1v) is 5.79. The molecule has 0 radical (unpaired) electrons. The van der Waals surface area contributed by atoms with Crippen LogP contribution in [-0.4, -0.2) is 30.4 Å². The van der Waals surface area contributed by atoms with E-state index < -0.39 is 0 Å². The third-order valence-electron chi connectivity index (χ3n) is 3.00. The first-order chi connectivity index (χ1) is 7.77. The highest BCUT2D eigenvalue weighted by Gasteiger charge is 2.24. The maximum atomic E-state index is 12.0.